The van der Waals surface area contributed by atoms with E-state index in [2.05, 4.69) is 46.1 Å². The highest BCUT2D eigenvalue weighted by atomic mass is 127. The molecule has 2 aliphatic carbocycles. The Morgan fingerprint density at radius 2 is 1.93 bits per heavy atom. The van der Waals surface area contributed by atoms with Gasteiger partial charge >= 0.3 is 0 Å². The molecule has 2 aliphatic rings. The number of halogens is 1. The van der Waals surface area contributed by atoms with Crippen molar-refractivity contribution in [3.8, 4) is 5.75 Å². The van der Waals surface area contributed by atoms with Crippen molar-refractivity contribution in [1.29, 1.82) is 0 Å². The maximum absolute atomic E-state index is 11.7. The quantitative estimate of drug-likeness (QED) is 0.204. The van der Waals surface area contributed by atoms with E-state index in [4.69, 9.17) is 4.74 Å². The van der Waals surface area contributed by atoms with Crippen molar-refractivity contribution in [3.05, 3.63) is 29.3 Å². The van der Waals surface area contributed by atoms with Crippen LogP contribution in [-0.4, -0.2) is 37.6 Å². The van der Waals surface area contributed by atoms with E-state index in [-0.39, 0.29) is 29.9 Å². The molecule has 3 rings (SSSR count). The van der Waals surface area contributed by atoms with Crippen molar-refractivity contribution < 1.29 is 9.53 Å². The summed E-state index contributed by atoms with van der Waals surface area (Å²) in [6.45, 7) is 3.47. The largest absolute Gasteiger partial charge is 0.490 e. The Labute approximate surface area is 191 Å². The minimum absolute atomic E-state index is 0. The van der Waals surface area contributed by atoms with E-state index in [9.17, 15) is 4.79 Å². The number of nitrogens with one attached hydrogen (secondary N) is 3. The van der Waals surface area contributed by atoms with Crippen LogP contribution in [0.2, 0.25) is 0 Å². The minimum Gasteiger partial charge on any atom is -0.490 e. The Morgan fingerprint density at radius 3 is 2.62 bits per heavy atom. The van der Waals surface area contributed by atoms with E-state index in [0.29, 0.717) is 25.1 Å². The molecule has 1 aromatic rings. The van der Waals surface area contributed by atoms with Crippen molar-refractivity contribution in [1.82, 2.24) is 16.0 Å². The van der Waals surface area contributed by atoms with Crippen LogP contribution in [0.4, 0.5) is 0 Å². The van der Waals surface area contributed by atoms with Crippen LogP contribution >= 0.6 is 24.0 Å². The van der Waals surface area contributed by atoms with Gasteiger partial charge in [0.2, 0.25) is 5.91 Å². The van der Waals surface area contributed by atoms with Crippen molar-refractivity contribution in [2.24, 2.45) is 4.99 Å². The molecule has 0 saturated heterocycles. The van der Waals surface area contributed by atoms with Gasteiger partial charge in [-0.3, -0.25) is 9.79 Å². The maximum atomic E-state index is 11.7. The van der Waals surface area contributed by atoms with Crippen molar-refractivity contribution in [3.63, 3.8) is 0 Å². The van der Waals surface area contributed by atoms with Gasteiger partial charge in [-0.05, 0) is 63.5 Å². The molecule has 0 heterocycles. The summed E-state index contributed by atoms with van der Waals surface area (Å²) in [4.78, 5) is 16.0. The summed E-state index contributed by atoms with van der Waals surface area (Å²) >= 11 is 0. The molecule has 7 heteroatoms. The number of guanidine groups is 1. The Morgan fingerprint density at radius 1 is 1.17 bits per heavy atom. The van der Waals surface area contributed by atoms with Crippen LogP contribution in [0.25, 0.3) is 0 Å². The molecule has 0 bridgehead atoms. The van der Waals surface area contributed by atoms with Crippen LogP contribution in [0.1, 0.15) is 62.5 Å². The van der Waals surface area contributed by atoms with Gasteiger partial charge in [0, 0.05) is 38.2 Å². The lowest BCUT2D eigenvalue weighted by Crippen LogP contribution is -2.37. The lowest BCUT2D eigenvalue weighted by atomic mass is 10.1. The lowest BCUT2D eigenvalue weighted by Gasteiger charge is -2.18. The molecule has 29 heavy (non-hydrogen) atoms. The van der Waals surface area contributed by atoms with E-state index in [1.807, 2.05) is 0 Å². The molecule has 0 aliphatic heterocycles. The Hall–Kier alpha value is -1.51. The molecule has 1 amide bonds. The summed E-state index contributed by atoms with van der Waals surface area (Å²) in [5.41, 5.74) is 2.35. The third-order valence-electron chi connectivity index (χ3n) is 5.30. The van der Waals surface area contributed by atoms with Gasteiger partial charge in [-0.25, -0.2) is 0 Å². The number of amides is 1. The van der Waals surface area contributed by atoms with E-state index in [1.165, 1.54) is 18.4 Å². The normalized spacial score (nSPS) is 16.8. The zero-order valence-electron chi connectivity index (χ0n) is 17.6. The van der Waals surface area contributed by atoms with E-state index in [1.54, 1.807) is 7.05 Å². The highest BCUT2D eigenvalue weighted by Gasteiger charge is 2.22. The summed E-state index contributed by atoms with van der Waals surface area (Å²) < 4.78 is 6.27. The van der Waals surface area contributed by atoms with E-state index in [0.717, 1.165) is 55.9 Å². The molecular formula is C22H35IN4O2. The van der Waals surface area contributed by atoms with Crippen LogP contribution in [0, 0.1) is 6.92 Å². The lowest BCUT2D eigenvalue weighted by molar-refractivity contribution is -0.121. The summed E-state index contributed by atoms with van der Waals surface area (Å²) in [7, 11) is 1.76. The molecule has 0 unspecified atom stereocenters. The zero-order chi connectivity index (χ0) is 19.8. The van der Waals surface area contributed by atoms with Crippen LogP contribution in [0.3, 0.4) is 0 Å². The standard InChI is InChI=1S/C22H34N4O2.HI/c1-16-9-10-17(20(14-16)28-19-6-3-4-7-19)15-25-22(23-2)24-13-5-8-21(27)26-18-11-12-18;/h9-10,14,18-19H,3-8,11-13,15H2,1-2H3,(H,26,27)(H2,23,24,25);1H. The highest BCUT2D eigenvalue weighted by molar-refractivity contribution is 14.0. The van der Waals surface area contributed by atoms with Crippen molar-refractivity contribution in [2.75, 3.05) is 13.6 Å². The van der Waals surface area contributed by atoms with Crippen LogP contribution in [0.15, 0.2) is 23.2 Å². The number of nitrogens with zero attached hydrogens (tertiary/aromatic N) is 1. The Bertz CT molecular complexity index is 685. The smallest absolute Gasteiger partial charge is 0.220 e. The molecular weight excluding hydrogens is 479 g/mol. The monoisotopic (exact) mass is 514 g/mol. The fraction of sp³-hybridized carbons (Fsp3) is 0.636. The summed E-state index contributed by atoms with van der Waals surface area (Å²) in [6, 6.07) is 6.81. The first-order chi connectivity index (χ1) is 13.6. The predicted octanol–water partition coefficient (Wildman–Crippen LogP) is 3.66. The number of hydrogen-bond donors (Lipinski definition) is 3. The van der Waals surface area contributed by atoms with Crippen LogP contribution in [-0.2, 0) is 11.3 Å². The predicted molar refractivity (Wildman–Crippen MR) is 128 cm³/mol. The molecule has 3 N–H and O–H groups in total. The molecule has 1 aromatic carbocycles. The van der Waals surface area contributed by atoms with E-state index >= 15 is 0 Å². The SMILES string of the molecule is CN=C(NCCCC(=O)NC1CC1)NCc1ccc(C)cc1OC1CCCC1.I. The molecule has 2 fully saturated rings. The average Bonchev–Trinajstić information content (AvgIpc) is 3.34. The summed E-state index contributed by atoms with van der Waals surface area (Å²) in [6.07, 6.45) is 8.78. The number of benzene rings is 1. The topological polar surface area (TPSA) is 74.8 Å². The second-order valence-corrected chi connectivity index (χ2v) is 7.93. The number of hydrogen-bond acceptors (Lipinski definition) is 3. The van der Waals surface area contributed by atoms with Gasteiger partial charge in [0.05, 0.1) is 6.10 Å². The molecule has 162 valence electrons. The van der Waals surface area contributed by atoms with Gasteiger partial charge in [-0.15, -0.1) is 24.0 Å². The molecule has 0 aromatic heterocycles. The molecule has 0 atom stereocenters. The fourth-order valence-electron chi connectivity index (χ4n) is 3.49. The maximum Gasteiger partial charge on any atom is 0.220 e. The van der Waals surface area contributed by atoms with Crippen LogP contribution < -0.4 is 20.7 Å². The summed E-state index contributed by atoms with van der Waals surface area (Å²) in [5, 5.41) is 9.66. The van der Waals surface area contributed by atoms with E-state index < -0.39 is 0 Å². The van der Waals surface area contributed by atoms with Gasteiger partial charge in [0.25, 0.3) is 0 Å². The van der Waals surface area contributed by atoms with Crippen molar-refractivity contribution in [2.45, 2.75) is 77.0 Å². The third kappa shape index (κ3) is 8.40. The number of carbonyl (C=O) groups excluding carboxylic acids is 1. The average molecular weight is 514 g/mol. The van der Waals surface area contributed by atoms with Crippen LogP contribution in [0.5, 0.6) is 5.75 Å². The number of aliphatic imine (C=N–C) groups is 1. The first-order valence-electron chi connectivity index (χ1n) is 10.6. The van der Waals surface area contributed by atoms with Gasteiger partial charge in [-0.2, -0.15) is 0 Å². The molecule has 0 radical (unpaired) electrons. The first kappa shape index (κ1) is 23.8. The number of ether oxygens (including phenoxy) is 1. The zero-order valence-corrected chi connectivity index (χ0v) is 20.0. The second-order valence-electron chi connectivity index (χ2n) is 7.93. The molecule has 2 saturated carbocycles. The molecule has 6 nitrogen and oxygen atoms in total. The van der Waals surface area contributed by atoms with Gasteiger partial charge in [0.15, 0.2) is 5.96 Å². The first-order valence-corrected chi connectivity index (χ1v) is 10.6. The number of carbonyl (C=O) groups is 1. The second kappa shape index (κ2) is 12.2. The van der Waals surface area contributed by atoms with Gasteiger partial charge in [0.1, 0.15) is 5.75 Å². The number of rotatable bonds is 9. The third-order valence-corrected chi connectivity index (χ3v) is 5.30. The van der Waals surface area contributed by atoms with Gasteiger partial charge in [-0.1, -0.05) is 12.1 Å². The fourth-order valence-corrected chi connectivity index (χ4v) is 3.49. The summed E-state index contributed by atoms with van der Waals surface area (Å²) in [5.74, 6) is 1.88. The van der Waals surface area contributed by atoms with Gasteiger partial charge < -0.3 is 20.7 Å². The highest BCUT2D eigenvalue weighted by Crippen LogP contribution is 2.27. The Kier molecular flexibility index (Phi) is 10.0. The number of aryl methyl sites for hydroxylation is 1. The minimum atomic E-state index is 0. The molecule has 0 spiro atoms. The van der Waals surface area contributed by atoms with Crippen molar-refractivity contribution >= 4 is 35.8 Å². The Balaban J connectivity index is 0.00000300.